The molecule has 7 heteroatoms. The topological polar surface area (TPSA) is 91.3 Å². The number of carbonyl (C=O) groups is 1. The molecule has 2 saturated heterocycles. The maximum absolute atomic E-state index is 12.5. The first-order valence-electron chi connectivity index (χ1n) is 10.2. The van der Waals surface area contributed by atoms with Crippen LogP contribution in [0.4, 0.5) is 0 Å². The fraction of sp³-hybridized carbons (Fsp3) is 0.667. The zero-order valence-electron chi connectivity index (χ0n) is 16.5. The summed E-state index contributed by atoms with van der Waals surface area (Å²) in [5.41, 5.74) is 0.961. The lowest BCUT2D eigenvalue weighted by molar-refractivity contribution is -0.158. The Morgan fingerprint density at radius 1 is 1.18 bits per heavy atom. The molecule has 0 bridgehead atoms. The number of ether oxygens (including phenoxy) is 2. The van der Waals surface area contributed by atoms with Crippen molar-refractivity contribution in [1.82, 2.24) is 10.2 Å². The van der Waals surface area contributed by atoms with Crippen LogP contribution >= 0.6 is 0 Å². The molecule has 3 atom stereocenters. The molecule has 3 N–H and O–H groups in total. The molecule has 3 unspecified atom stereocenters. The van der Waals surface area contributed by atoms with Gasteiger partial charge in [-0.25, -0.2) is 0 Å². The molecular weight excluding hydrogens is 360 g/mol. The lowest BCUT2D eigenvalue weighted by atomic mass is 9.98. The quantitative estimate of drug-likeness (QED) is 0.643. The molecule has 0 saturated carbocycles. The Morgan fingerprint density at radius 3 is 2.57 bits per heavy atom. The van der Waals surface area contributed by atoms with Gasteiger partial charge in [0.1, 0.15) is 5.75 Å². The number of rotatable bonds is 7. The smallest absolute Gasteiger partial charge is 0.252 e. The summed E-state index contributed by atoms with van der Waals surface area (Å²) in [5.74, 6) is 0.501. The van der Waals surface area contributed by atoms with Gasteiger partial charge in [0.25, 0.3) is 5.91 Å². The minimum atomic E-state index is -0.819. The summed E-state index contributed by atoms with van der Waals surface area (Å²) in [4.78, 5) is 14.9. The van der Waals surface area contributed by atoms with E-state index in [1.54, 1.807) is 7.11 Å². The van der Waals surface area contributed by atoms with Crippen LogP contribution in [0.1, 0.15) is 37.7 Å². The van der Waals surface area contributed by atoms with Crippen molar-refractivity contribution in [3.8, 4) is 5.75 Å². The van der Waals surface area contributed by atoms with Gasteiger partial charge in [0, 0.05) is 26.2 Å². The number of hydrogen-bond donors (Lipinski definition) is 3. The first-order chi connectivity index (χ1) is 13.5. The monoisotopic (exact) mass is 392 g/mol. The van der Waals surface area contributed by atoms with Crippen LogP contribution in [0.3, 0.4) is 0 Å². The molecule has 1 aromatic carbocycles. The lowest BCUT2D eigenvalue weighted by Crippen LogP contribution is -2.49. The van der Waals surface area contributed by atoms with Crippen LogP contribution in [0.5, 0.6) is 5.75 Å². The summed E-state index contributed by atoms with van der Waals surface area (Å²) >= 11 is 0. The van der Waals surface area contributed by atoms with E-state index in [0.29, 0.717) is 13.0 Å². The lowest BCUT2D eigenvalue weighted by Gasteiger charge is -2.35. The standard InChI is InChI=1S/C21H32N2O5/c1-27-17-4-2-15(3-5-17)14-22-21(26)20-19(25)7-6-18(28-20)10-13-23-11-8-16(24)9-12-23/h2-5,16,18-20,24-25H,6-14H2,1H3,(H,22,26). The van der Waals surface area contributed by atoms with Gasteiger partial charge in [-0.3, -0.25) is 4.79 Å². The van der Waals surface area contributed by atoms with Crippen molar-refractivity contribution < 1.29 is 24.5 Å². The second-order valence-corrected chi connectivity index (χ2v) is 7.75. The van der Waals surface area contributed by atoms with Gasteiger partial charge in [-0.2, -0.15) is 0 Å². The molecule has 0 aromatic heterocycles. The molecule has 28 heavy (non-hydrogen) atoms. The number of aliphatic hydroxyl groups excluding tert-OH is 2. The second kappa shape index (κ2) is 10.2. The largest absolute Gasteiger partial charge is 0.497 e. The number of aliphatic hydroxyl groups is 2. The third-order valence-corrected chi connectivity index (χ3v) is 5.68. The van der Waals surface area contributed by atoms with E-state index in [4.69, 9.17) is 9.47 Å². The molecule has 0 spiro atoms. The van der Waals surface area contributed by atoms with E-state index >= 15 is 0 Å². The fourth-order valence-electron chi connectivity index (χ4n) is 3.83. The van der Waals surface area contributed by atoms with Gasteiger partial charge >= 0.3 is 0 Å². The van der Waals surface area contributed by atoms with E-state index in [2.05, 4.69) is 10.2 Å². The first kappa shape index (κ1) is 21.0. The highest BCUT2D eigenvalue weighted by Crippen LogP contribution is 2.23. The van der Waals surface area contributed by atoms with Crippen LogP contribution in [-0.4, -0.2) is 72.2 Å². The highest BCUT2D eigenvalue weighted by molar-refractivity contribution is 5.81. The number of amides is 1. The van der Waals surface area contributed by atoms with E-state index in [-0.39, 0.29) is 18.1 Å². The van der Waals surface area contributed by atoms with Crippen LogP contribution in [0.15, 0.2) is 24.3 Å². The van der Waals surface area contributed by atoms with Crippen LogP contribution in [0.2, 0.25) is 0 Å². The van der Waals surface area contributed by atoms with Gasteiger partial charge in [-0.15, -0.1) is 0 Å². The SMILES string of the molecule is COc1ccc(CNC(=O)C2OC(CCN3CCC(O)CC3)CCC2O)cc1. The van der Waals surface area contributed by atoms with Crippen LogP contribution in [0.25, 0.3) is 0 Å². The number of hydrogen-bond acceptors (Lipinski definition) is 6. The fourth-order valence-corrected chi connectivity index (χ4v) is 3.83. The predicted octanol–water partition coefficient (Wildman–Crippen LogP) is 1.07. The van der Waals surface area contributed by atoms with Crippen molar-refractivity contribution in [1.29, 1.82) is 0 Å². The zero-order valence-corrected chi connectivity index (χ0v) is 16.5. The molecule has 0 radical (unpaired) electrons. The van der Waals surface area contributed by atoms with E-state index in [0.717, 1.165) is 56.6 Å². The minimum absolute atomic E-state index is 0.0213. The van der Waals surface area contributed by atoms with Crippen LogP contribution in [-0.2, 0) is 16.1 Å². The molecule has 3 rings (SSSR count). The van der Waals surface area contributed by atoms with Gasteiger partial charge in [-0.1, -0.05) is 12.1 Å². The summed E-state index contributed by atoms with van der Waals surface area (Å²) in [6, 6.07) is 7.50. The minimum Gasteiger partial charge on any atom is -0.497 e. The number of nitrogens with zero attached hydrogens (tertiary/aromatic N) is 1. The van der Waals surface area contributed by atoms with Gasteiger partial charge in [-0.05, 0) is 49.8 Å². The van der Waals surface area contributed by atoms with Crippen LogP contribution in [0, 0.1) is 0 Å². The molecular formula is C21H32N2O5. The Morgan fingerprint density at radius 2 is 1.89 bits per heavy atom. The number of piperidine rings is 1. The van der Waals surface area contributed by atoms with Crippen LogP contribution < -0.4 is 10.1 Å². The maximum atomic E-state index is 12.5. The van der Waals surface area contributed by atoms with Crippen molar-refractivity contribution in [2.45, 2.75) is 63.1 Å². The summed E-state index contributed by atoms with van der Waals surface area (Å²) in [6.45, 7) is 3.09. The summed E-state index contributed by atoms with van der Waals surface area (Å²) in [5, 5.41) is 22.7. The van der Waals surface area contributed by atoms with E-state index in [9.17, 15) is 15.0 Å². The van der Waals surface area contributed by atoms with Crippen molar-refractivity contribution in [2.24, 2.45) is 0 Å². The normalized spacial score (nSPS) is 26.8. The Kier molecular flexibility index (Phi) is 7.67. The molecule has 1 aromatic rings. The van der Waals surface area contributed by atoms with Gasteiger partial charge < -0.3 is 29.9 Å². The molecule has 2 aliphatic rings. The molecule has 2 aliphatic heterocycles. The van der Waals surface area contributed by atoms with Crippen molar-refractivity contribution >= 4 is 5.91 Å². The zero-order chi connectivity index (χ0) is 19.9. The molecule has 0 aliphatic carbocycles. The number of carbonyl (C=O) groups excluding carboxylic acids is 1. The second-order valence-electron chi connectivity index (χ2n) is 7.75. The third kappa shape index (κ3) is 5.91. The first-order valence-corrected chi connectivity index (χ1v) is 10.2. The van der Waals surface area contributed by atoms with Crippen molar-refractivity contribution in [2.75, 3.05) is 26.7 Å². The molecule has 1 amide bonds. The Labute approximate surface area is 166 Å². The number of nitrogens with one attached hydrogen (secondary N) is 1. The van der Waals surface area contributed by atoms with E-state index in [1.807, 2.05) is 24.3 Å². The predicted molar refractivity (Wildman–Crippen MR) is 105 cm³/mol. The Balaban J connectivity index is 1.44. The summed E-state index contributed by atoms with van der Waals surface area (Å²) in [6.07, 6.45) is 2.04. The summed E-state index contributed by atoms with van der Waals surface area (Å²) in [7, 11) is 1.61. The molecule has 7 nitrogen and oxygen atoms in total. The molecule has 2 heterocycles. The average Bonchev–Trinajstić information content (AvgIpc) is 2.73. The van der Waals surface area contributed by atoms with Gasteiger partial charge in [0.15, 0.2) is 6.10 Å². The van der Waals surface area contributed by atoms with E-state index < -0.39 is 12.2 Å². The van der Waals surface area contributed by atoms with Crippen molar-refractivity contribution in [3.05, 3.63) is 29.8 Å². The highest BCUT2D eigenvalue weighted by Gasteiger charge is 2.35. The Hall–Kier alpha value is -1.67. The maximum Gasteiger partial charge on any atom is 0.252 e. The van der Waals surface area contributed by atoms with Gasteiger partial charge in [0.2, 0.25) is 0 Å². The van der Waals surface area contributed by atoms with Gasteiger partial charge in [0.05, 0.1) is 25.4 Å². The summed E-state index contributed by atoms with van der Waals surface area (Å²) < 4.78 is 11.1. The van der Waals surface area contributed by atoms with E-state index in [1.165, 1.54) is 0 Å². The molecule has 2 fully saturated rings. The number of likely N-dealkylation sites (tertiary alicyclic amines) is 1. The third-order valence-electron chi connectivity index (χ3n) is 5.68. The Bertz CT molecular complexity index is 616. The van der Waals surface area contributed by atoms with Crippen molar-refractivity contribution in [3.63, 3.8) is 0 Å². The highest BCUT2D eigenvalue weighted by atomic mass is 16.5. The number of benzene rings is 1. The number of methoxy groups -OCH3 is 1. The molecule has 156 valence electrons. The average molecular weight is 392 g/mol.